The van der Waals surface area contributed by atoms with Gasteiger partial charge in [-0.2, -0.15) is 0 Å². The van der Waals surface area contributed by atoms with Gasteiger partial charge in [-0.05, 0) is 43.4 Å². The number of aliphatic hydroxyl groups excluding tert-OH is 1. The lowest BCUT2D eigenvalue weighted by Crippen LogP contribution is -2.30. The molecule has 3 N–H and O–H groups in total. The number of rotatable bonds is 77. The molecular formula is C79H154O17P2. The van der Waals surface area contributed by atoms with Gasteiger partial charge in [-0.25, -0.2) is 9.13 Å². The smallest absolute Gasteiger partial charge is 0.462 e. The van der Waals surface area contributed by atoms with Gasteiger partial charge in [-0.1, -0.05) is 357 Å². The highest BCUT2D eigenvalue weighted by Crippen LogP contribution is 2.45. The molecule has 0 rings (SSSR count). The van der Waals surface area contributed by atoms with Crippen molar-refractivity contribution in [2.45, 2.75) is 426 Å². The van der Waals surface area contributed by atoms with Crippen LogP contribution in [0.5, 0.6) is 0 Å². The molecule has 0 aromatic rings. The van der Waals surface area contributed by atoms with Crippen LogP contribution in [0, 0.1) is 17.8 Å². The molecule has 0 saturated heterocycles. The van der Waals surface area contributed by atoms with Crippen LogP contribution in [0.25, 0.3) is 0 Å². The number of aliphatic hydroxyl groups is 1. The molecule has 17 nitrogen and oxygen atoms in total. The number of phosphoric ester groups is 2. The van der Waals surface area contributed by atoms with E-state index in [1.807, 2.05) is 0 Å². The normalized spacial score (nSPS) is 14.0. The number of esters is 4. The first-order chi connectivity index (χ1) is 47.2. The average Bonchev–Trinajstić information content (AvgIpc) is 1.24. The first-order valence-corrected chi connectivity index (χ1v) is 43.8. The van der Waals surface area contributed by atoms with E-state index in [2.05, 4.69) is 48.5 Å². The van der Waals surface area contributed by atoms with Gasteiger partial charge in [-0.15, -0.1) is 0 Å². The van der Waals surface area contributed by atoms with Crippen molar-refractivity contribution in [3.8, 4) is 0 Å². The molecule has 0 aliphatic rings. The standard InChI is InChI=1S/C79H154O17P2/c1-8-9-10-11-12-13-14-15-16-17-20-25-32-39-46-53-60-76(81)89-66-74(95-78(83)62-55-48-41-33-26-21-18-19-23-29-36-43-50-57-70(2)3)68-93-97(85,86)91-64-73(80)65-92-98(87,88)94-69-75(67-90-77(82)61-54-47-40-35-28-31-38-45-52-59-72(6)7)96-79(84)63-56-49-42-34-27-22-24-30-37-44-51-58-71(4)5/h70-75,80H,8-69H2,1-7H3,(H,85,86)(H,87,88)/t73-,74-,75-/m1/s1. The number of phosphoric acid groups is 2. The van der Waals surface area contributed by atoms with Crippen LogP contribution >= 0.6 is 15.6 Å². The van der Waals surface area contributed by atoms with Crippen LogP contribution in [0.1, 0.15) is 408 Å². The van der Waals surface area contributed by atoms with E-state index in [1.54, 1.807) is 0 Å². The van der Waals surface area contributed by atoms with Gasteiger partial charge in [0.05, 0.1) is 26.4 Å². The van der Waals surface area contributed by atoms with E-state index < -0.39 is 97.5 Å². The molecule has 0 heterocycles. The summed E-state index contributed by atoms with van der Waals surface area (Å²) >= 11 is 0. The second-order valence-electron chi connectivity index (χ2n) is 29.9. The minimum atomic E-state index is -4.96. The first-order valence-electron chi connectivity index (χ1n) is 40.8. The van der Waals surface area contributed by atoms with Gasteiger partial charge in [0.2, 0.25) is 0 Å². The van der Waals surface area contributed by atoms with E-state index >= 15 is 0 Å². The fraction of sp³-hybridized carbons (Fsp3) is 0.949. The molecule has 0 fully saturated rings. The zero-order valence-electron chi connectivity index (χ0n) is 64.3. The molecule has 0 aliphatic carbocycles. The molecule has 0 aliphatic heterocycles. The largest absolute Gasteiger partial charge is 0.472 e. The Hall–Kier alpha value is -1.94. The van der Waals surface area contributed by atoms with Crippen molar-refractivity contribution in [3.05, 3.63) is 0 Å². The molecule has 0 aromatic heterocycles. The van der Waals surface area contributed by atoms with Crippen LogP contribution in [0.4, 0.5) is 0 Å². The van der Waals surface area contributed by atoms with Gasteiger partial charge in [0.15, 0.2) is 12.2 Å². The van der Waals surface area contributed by atoms with Crippen LogP contribution in [-0.2, 0) is 65.4 Å². The lowest BCUT2D eigenvalue weighted by atomic mass is 10.0. The van der Waals surface area contributed by atoms with E-state index in [4.69, 9.17) is 37.0 Å². The summed E-state index contributed by atoms with van der Waals surface area (Å²) in [5.41, 5.74) is 0. The van der Waals surface area contributed by atoms with Crippen molar-refractivity contribution in [1.82, 2.24) is 0 Å². The van der Waals surface area contributed by atoms with Crippen molar-refractivity contribution < 1.29 is 80.2 Å². The highest BCUT2D eigenvalue weighted by molar-refractivity contribution is 7.47. The van der Waals surface area contributed by atoms with E-state index in [-0.39, 0.29) is 25.7 Å². The van der Waals surface area contributed by atoms with Gasteiger partial charge in [0, 0.05) is 25.7 Å². The Balaban J connectivity index is 5.27. The fourth-order valence-electron chi connectivity index (χ4n) is 12.1. The molecule has 0 radical (unpaired) electrons. The maximum absolute atomic E-state index is 13.1. The monoisotopic (exact) mass is 1440 g/mol. The minimum absolute atomic E-state index is 0.106. The van der Waals surface area contributed by atoms with Crippen LogP contribution < -0.4 is 0 Å². The number of ether oxygens (including phenoxy) is 4. The van der Waals surface area contributed by atoms with Crippen molar-refractivity contribution in [3.63, 3.8) is 0 Å². The molecule has 0 bridgehead atoms. The lowest BCUT2D eigenvalue weighted by Gasteiger charge is -2.21. The molecule has 98 heavy (non-hydrogen) atoms. The summed E-state index contributed by atoms with van der Waals surface area (Å²) in [6.45, 7) is 11.9. The van der Waals surface area contributed by atoms with Crippen LogP contribution in [0.15, 0.2) is 0 Å². The van der Waals surface area contributed by atoms with Gasteiger partial charge < -0.3 is 33.8 Å². The highest BCUT2D eigenvalue weighted by Gasteiger charge is 2.30. The Bertz CT molecular complexity index is 1900. The summed E-state index contributed by atoms with van der Waals surface area (Å²) in [5, 5.41) is 10.6. The molecular weight excluding hydrogens is 1280 g/mol. The van der Waals surface area contributed by atoms with Gasteiger partial charge in [-0.3, -0.25) is 37.3 Å². The van der Waals surface area contributed by atoms with Crippen LogP contribution in [0.3, 0.4) is 0 Å². The average molecular weight is 1440 g/mol. The fourth-order valence-corrected chi connectivity index (χ4v) is 13.7. The topological polar surface area (TPSA) is 237 Å². The second kappa shape index (κ2) is 69.4. The Labute approximate surface area is 600 Å². The first kappa shape index (κ1) is 96.1. The lowest BCUT2D eigenvalue weighted by molar-refractivity contribution is -0.161. The molecule has 0 saturated carbocycles. The third-order valence-corrected chi connectivity index (χ3v) is 20.3. The SMILES string of the molecule is CCCCCCCCCCCCCCCCCCC(=O)OC[C@H](COP(=O)(O)OC[C@@H](O)COP(=O)(O)OC[C@@H](COC(=O)CCCCCCCCCCCC(C)C)OC(=O)CCCCCCCCCCCCCC(C)C)OC(=O)CCCCCCCCCCCCCCCC(C)C. The summed E-state index contributed by atoms with van der Waals surface area (Å²) in [4.78, 5) is 73.0. The Kier molecular flexibility index (Phi) is 68.1. The van der Waals surface area contributed by atoms with Gasteiger partial charge in [0.1, 0.15) is 19.3 Å². The molecule has 0 spiro atoms. The van der Waals surface area contributed by atoms with Crippen LogP contribution in [-0.4, -0.2) is 96.7 Å². The number of carbonyl (C=O) groups excluding carboxylic acids is 4. The Morgan fingerprint density at radius 3 is 0.694 bits per heavy atom. The summed E-state index contributed by atoms with van der Waals surface area (Å²) in [6, 6.07) is 0. The predicted molar refractivity (Wildman–Crippen MR) is 400 cm³/mol. The van der Waals surface area contributed by atoms with E-state index in [0.717, 1.165) is 108 Å². The number of carbonyl (C=O) groups is 4. The summed E-state index contributed by atoms with van der Waals surface area (Å²) in [7, 11) is -9.92. The second-order valence-corrected chi connectivity index (χ2v) is 32.8. The van der Waals surface area contributed by atoms with E-state index in [0.29, 0.717) is 25.7 Å². The molecule has 5 atom stereocenters. The summed E-state index contributed by atoms with van der Waals surface area (Å²) < 4.78 is 68.7. The van der Waals surface area contributed by atoms with Crippen molar-refractivity contribution in [1.29, 1.82) is 0 Å². The third kappa shape index (κ3) is 72.4. The Morgan fingerprint density at radius 1 is 0.276 bits per heavy atom. The maximum atomic E-state index is 13.1. The zero-order valence-corrected chi connectivity index (χ0v) is 66.0. The predicted octanol–water partition coefficient (Wildman–Crippen LogP) is 23.4. The zero-order chi connectivity index (χ0) is 72.3. The van der Waals surface area contributed by atoms with E-state index in [1.165, 1.54) is 218 Å². The molecule has 0 amide bonds. The van der Waals surface area contributed by atoms with E-state index in [9.17, 15) is 43.2 Å². The molecule has 19 heteroatoms. The number of unbranched alkanes of at least 4 members (excludes halogenated alkanes) is 45. The molecule has 2 unspecified atom stereocenters. The minimum Gasteiger partial charge on any atom is -0.462 e. The third-order valence-electron chi connectivity index (χ3n) is 18.4. The highest BCUT2D eigenvalue weighted by atomic mass is 31.2. The Morgan fingerprint density at radius 2 is 0.469 bits per heavy atom. The number of hydrogen-bond donors (Lipinski definition) is 3. The van der Waals surface area contributed by atoms with Gasteiger partial charge >= 0.3 is 39.5 Å². The molecule has 0 aromatic carbocycles. The maximum Gasteiger partial charge on any atom is 0.472 e. The number of hydrogen-bond acceptors (Lipinski definition) is 15. The van der Waals surface area contributed by atoms with Crippen LogP contribution in [0.2, 0.25) is 0 Å². The summed E-state index contributed by atoms with van der Waals surface area (Å²) in [5.74, 6) is 0.183. The van der Waals surface area contributed by atoms with Gasteiger partial charge in [0.25, 0.3) is 0 Å². The van der Waals surface area contributed by atoms with Crippen molar-refractivity contribution in [2.75, 3.05) is 39.6 Å². The van der Waals surface area contributed by atoms with Crippen molar-refractivity contribution >= 4 is 39.5 Å². The quantitative estimate of drug-likeness (QED) is 0.0222. The molecule has 582 valence electrons. The summed E-state index contributed by atoms with van der Waals surface area (Å²) in [6.07, 6.45) is 56.8. The van der Waals surface area contributed by atoms with Crippen molar-refractivity contribution in [2.24, 2.45) is 17.8 Å².